The minimum Gasteiger partial charge on any atom is -0.356 e. The summed E-state index contributed by atoms with van der Waals surface area (Å²) in [7, 11) is -2.76. The average Bonchev–Trinajstić information content (AvgIpc) is 2.92. The smallest absolute Gasteiger partial charge is 0.223 e. The van der Waals surface area contributed by atoms with Crippen molar-refractivity contribution in [2.24, 2.45) is 11.8 Å². The summed E-state index contributed by atoms with van der Waals surface area (Å²) in [5.41, 5.74) is 0. The zero-order valence-electron chi connectivity index (χ0n) is 8.74. The zero-order valence-corrected chi connectivity index (χ0v) is 9.55. The van der Waals surface area contributed by atoms with E-state index in [-0.39, 0.29) is 17.7 Å². The molecule has 1 N–H and O–H groups in total. The average molecular weight is 231 g/mol. The highest BCUT2D eigenvalue weighted by Crippen LogP contribution is 2.28. The van der Waals surface area contributed by atoms with Gasteiger partial charge in [-0.2, -0.15) is 0 Å². The molecule has 1 unspecified atom stereocenters. The molecule has 0 spiro atoms. The van der Waals surface area contributed by atoms with E-state index in [1.807, 2.05) is 0 Å². The van der Waals surface area contributed by atoms with E-state index >= 15 is 0 Å². The molecule has 15 heavy (non-hydrogen) atoms. The predicted molar refractivity (Wildman–Crippen MR) is 57.1 cm³/mol. The maximum Gasteiger partial charge on any atom is 0.223 e. The van der Waals surface area contributed by atoms with Gasteiger partial charge in [-0.3, -0.25) is 4.79 Å². The molecule has 1 amide bonds. The zero-order chi connectivity index (χ0) is 10.9. The second-order valence-corrected chi connectivity index (χ2v) is 6.85. The second-order valence-electron chi connectivity index (χ2n) is 4.62. The van der Waals surface area contributed by atoms with E-state index in [2.05, 4.69) is 5.32 Å². The van der Waals surface area contributed by atoms with Crippen LogP contribution in [-0.4, -0.2) is 32.4 Å². The first-order valence-electron chi connectivity index (χ1n) is 5.55. The van der Waals surface area contributed by atoms with E-state index in [4.69, 9.17) is 0 Å². The van der Waals surface area contributed by atoms with Crippen molar-refractivity contribution < 1.29 is 13.2 Å². The van der Waals surface area contributed by atoms with Gasteiger partial charge < -0.3 is 5.32 Å². The van der Waals surface area contributed by atoms with E-state index in [1.54, 1.807) is 0 Å². The first-order valence-corrected chi connectivity index (χ1v) is 7.37. The van der Waals surface area contributed by atoms with Gasteiger partial charge in [0, 0.05) is 12.5 Å². The third-order valence-corrected chi connectivity index (χ3v) is 4.96. The van der Waals surface area contributed by atoms with Gasteiger partial charge in [0.25, 0.3) is 0 Å². The Morgan fingerprint density at radius 1 is 1.27 bits per heavy atom. The van der Waals surface area contributed by atoms with Gasteiger partial charge in [0.15, 0.2) is 9.84 Å². The molecule has 86 valence electrons. The molecule has 1 saturated carbocycles. The fourth-order valence-electron chi connectivity index (χ4n) is 1.99. The van der Waals surface area contributed by atoms with Gasteiger partial charge in [0.2, 0.25) is 5.91 Å². The van der Waals surface area contributed by atoms with Crippen LogP contribution >= 0.6 is 0 Å². The number of sulfone groups is 1. The Morgan fingerprint density at radius 2 is 2.00 bits per heavy atom. The summed E-state index contributed by atoms with van der Waals surface area (Å²) in [5, 5.41) is 2.87. The Labute approximate surface area is 90.3 Å². The number of carbonyl (C=O) groups excluding carboxylic acids is 1. The summed E-state index contributed by atoms with van der Waals surface area (Å²) in [6, 6.07) is 0. The van der Waals surface area contributed by atoms with Crippen molar-refractivity contribution in [2.75, 3.05) is 18.1 Å². The summed E-state index contributed by atoms with van der Waals surface area (Å²) >= 11 is 0. The minimum absolute atomic E-state index is 0.149. The molecule has 1 atom stereocenters. The van der Waals surface area contributed by atoms with Gasteiger partial charge in [-0.15, -0.1) is 0 Å². The molecule has 2 rings (SSSR count). The minimum atomic E-state index is -2.76. The van der Waals surface area contributed by atoms with Crippen LogP contribution in [0.25, 0.3) is 0 Å². The second kappa shape index (κ2) is 4.12. The lowest BCUT2D eigenvalue weighted by Gasteiger charge is -2.08. The fourth-order valence-corrected chi connectivity index (χ4v) is 3.90. The molecular weight excluding hydrogens is 214 g/mol. The number of hydrogen-bond donors (Lipinski definition) is 1. The van der Waals surface area contributed by atoms with E-state index in [9.17, 15) is 13.2 Å². The molecule has 0 aromatic heterocycles. The molecule has 0 bridgehead atoms. The van der Waals surface area contributed by atoms with Crippen LogP contribution in [0.5, 0.6) is 0 Å². The van der Waals surface area contributed by atoms with Crippen LogP contribution in [0.15, 0.2) is 0 Å². The monoisotopic (exact) mass is 231 g/mol. The van der Waals surface area contributed by atoms with Crippen LogP contribution < -0.4 is 5.32 Å². The molecule has 0 aromatic carbocycles. The lowest BCUT2D eigenvalue weighted by atomic mass is 10.1. The largest absolute Gasteiger partial charge is 0.356 e. The summed E-state index contributed by atoms with van der Waals surface area (Å²) in [5.74, 6) is 1.29. The lowest BCUT2D eigenvalue weighted by Crippen LogP contribution is -2.27. The van der Waals surface area contributed by atoms with E-state index < -0.39 is 9.84 Å². The third kappa shape index (κ3) is 3.19. The number of rotatable bonds is 4. The molecule has 1 aliphatic carbocycles. The molecular formula is C10H17NO3S. The predicted octanol–water partition coefficient (Wildman–Crippen LogP) is 0.337. The van der Waals surface area contributed by atoms with E-state index in [1.165, 1.54) is 0 Å². The molecule has 0 radical (unpaired) electrons. The molecule has 2 fully saturated rings. The Bertz CT molecular complexity index is 346. The molecule has 5 heteroatoms. The fraction of sp³-hybridized carbons (Fsp3) is 0.900. The summed E-state index contributed by atoms with van der Waals surface area (Å²) in [6.45, 7) is 0.634. The highest BCUT2D eigenvalue weighted by Gasteiger charge is 2.30. The standard InChI is InChI=1S/C10H17NO3S/c12-10(9-1-2-9)11-5-3-8-4-6-15(13,14)7-8/h8-9H,1-7H2,(H,11,12). The Kier molecular flexibility index (Phi) is 3.00. The van der Waals surface area contributed by atoms with Gasteiger partial charge in [-0.05, 0) is 31.6 Å². The van der Waals surface area contributed by atoms with Crippen molar-refractivity contribution in [3.63, 3.8) is 0 Å². The summed E-state index contributed by atoms with van der Waals surface area (Å²) < 4.78 is 22.3. The van der Waals surface area contributed by atoms with Gasteiger partial charge in [0.05, 0.1) is 11.5 Å². The maximum absolute atomic E-state index is 11.3. The van der Waals surface area contributed by atoms with Crippen molar-refractivity contribution in [3.05, 3.63) is 0 Å². The van der Waals surface area contributed by atoms with Crippen molar-refractivity contribution in [2.45, 2.75) is 25.7 Å². The Morgan fingerprint density at radius 3 is 2.53 bits per heavy atom. The number of hydrogen-bond acceptors (Lipinski definition) is 3. The van der Waals surface area contributed by atoms with Crippen LogP contribution in [0, 0.1) is 11.8 Å². The number of nitrogens with one attached hydrogen (secondary N) is 1. The van der Waals surface area contributed by atoms with Gasteiger partial charge >= 0.3 is 0 Å². The maximum atomic E-state index is 11.3. The Balaban J connectivity index is 1.64. The lowest BCUT2D eigenvalue weighted by molar-refractivity contribution is -0.122. The first kappa shape index (κ1) is 10.9. The van der Waals surface area contributed by atoms with E-state index in [0.717, 1.165) is 25.7 Å². The molecule has 1 saturated heterocycles. The SMILES string of the molecule is O=C(NCCC1CCS(=O)(=O)C1)C1CC1. The van der Waals surface area contributed by atoms with Crippen LogP contribution in [0.3, 0.4) is 0 Å². The third-order valence-electron chi connectivity index (χ3n) is 3.13. The van der Waals surface area contributed by atoms with Crippen molar-refractivity contribution in [1.29, 1.82) is 0 Å². The molecule has 1 aliphatic heterocycles. The van der Waals surface area contributed by atoms with Crippen molar-refractivity contribution >= 4 is 15.7 Å². The summed E-state index contributed by atoms with van der Waals surface area (Å²) in [4.78, 5) is 11.3. The van der Waals surface area contributed by atoms with Crippen LogP contribution in [-0.2, 0) is 14.6 Å². The topological polar surface area (TPSA) is 63.2 Å². The molecule has 2 aliphatic rings. The molecule has 0 aromatic rings. The van der Waals surface area contributed by atoms with Gasteiger partial charge in [-0.25, -0.2) is 8.42 Å². The van der Waals surface area contributed by atoms with Crippen LogP contribution in [0.2, 0.25) is 0 Å². The van der Waals surface area contributed by atoms with Crippen molar-refractivity contribution in [3.8, 4) is 0 Å². The highest BCUT2D eigenvalue weighted by atomic mass is 32.2. The van der Waals surface area contributed by atoms with Crippen LogP contribution in [0.4, 0.5) is 0 Å². The van der Waals surface area contributed by atoms with E-state index in [0.29, 0.717) is 18.1 Å². The molecule has 4 nitrogen and oxygen atoms in total. The first-order chi connectivity index (χ1) is 7.07. The quantitative estimate of drug-likeness (QED) is 0.758. The summed E-state index contributed by atoms with van der Waals surface area (Å²) in [6.07, 6.45) is 3.60. The van der Waals surface area contributed by atoms with Crippen LogP contribution in [0.1, 0.15) is 25.7 Å². The molecule has 1 heterocycles. The van der Waals surface area contributed by atoms with Gasteiger partial charge in [-0.1, -0.05) is 0 Å². The number of amides is 1. The highest BCUT2D eigenvalue weighted by molar-refractivity contribution is 7.91. The van der Waals surface area contributed by atoms with Crippen molar-refractivity contribution in [1.82, 2.24) is 5.32 Å². The number of carbonyl (C=O) groups is 1. The Hall–Kier alpha value is -0.580. The van der Waals surface area contributed by atoms with Gasteiger partial charge in [0.1, 0.15) is 0 Å². The normalized spacial score (nSPS) is 28.9.